The van der Waals surface area contributed by atoms with E-state index in [1.807, 2.05) is 48.2 Å². The van der Waals surface area contributed by atoms with Gasteiger partial charge in [0.05, 0.1) is 19.7 Å². The predicted octanol–water partition coefficient (Wildman–Crippen LogP) is 4.96. The first kappa shape index (κ1) is 24.8. The first-order chi connectivity index (χ1) is 17.4. The molecule has 0 spiro atoms. The second-order valence-electron chi connectivity index (χ2n) is 9.84. The number of hydrogen-bond donors (Lipinski definition) is 2. The molecule has 188 valence electrons. The molecule has 0 saturated heterocycles. The van der Waals surface area contributed by atoms with Gasteiger partial charge in [-0.3, -0.25) is 9.59 Å². The van der Waals surface area contributed by atoms with Crippen LogP contribution in [-0.4, -0.2) is 37.6 Å². The highest BCUT2D eigenvalue weighted by Crippen LogP contribution is 2.35. The van der Waals surface area contributed by atoms with E-state index in [0.717, 1.165) is 44.4 Å². The lowest BCUT2D eigenvalue weighted by atomic mass is 10.0. The number of rotatable bonds is 8. The second-order valence-corrected chi connectivity index (χ2v) is 10.8. The summed E-state index contributed by atoms with van der Waals surface area (Å²) in [5.74, 6) is 1.19. The zero-order valence-corrected chi connectivity index (χ0v) is 22.3. The van der Waals surface area contributed by atoms with Gasteiger partial charge in [0, 0.05) is 15.7 Å². The van der Waals surface area contributed by atoms with E-state index in [2.05, 4.69) is 44.8 Å². The predicted molar refractivity (Wildman–Crippen MR) is 146 cm³/mol. The van der Waals surface area contributed by atoms with Gasteiger partial charge in [0.25, 0.3) is 0 Å². The Morgan fingerprint density at radius 1 is 1.14 bits per heavy atom. The summed E-state index contributed by atoms with van der Waals surface area (Å²) in [6.07, 6.45) is 3.73. The summed E-state index contributed by atoms with van der Waals surface area (Å²) in [6, 6.07) is 17.2. The molecule has 7 heteroatoms. The first-order valence-electron chi connectivity index (χ1n) is 12.6. The zero-order chi connectivity index (χ0) is 25.2. The average molecular weight is 550 g/mol. The Hall–Kier alpha value is -2.90. The third-order valence-electron chi connectivity index (χ3n) is 7.25. The highest BCUT2D eigenvalue weighted by atomic mass is 79.9. The van der Waals surface area contributed by atoms with E-state index < -0.39 is 6.04 Å². The number of halogens is 1. The number of amides is 2. The minimum absolute atomic E-state index is 0.0983. The number of nitrogens with zero attached hydrogens (tertiary/aromatic N) is 1. The zero-order valence-electron chi connectivity index (χ0n) is 20.7. The van der Waals surface area contributed by atoms with Crippen LogP contribution in [0.2, 0.25) is 0 Å². The number of carbonyl (C=O) groups is 2. The number of benzene rings is 3. The molecule has 0 radical (unpaired) electrons. The number of aryl methyl sites for hydroxylation is 1. The number of nitrogens with one attached hydrogen (secondary N) is 2. The van der Waals surface area contributed by atoms with E-state index in [1.165, 1.54) is 12.8 Å². The molecule has 1 unspecified atom stereocenters. The summed E-state index contributed by atoms with van der Waals surface area (Å²) in [5, 5.41) is 8.46. The van der Waals surface area contributed by atoms with Crippen LogP contribution >= 0.6 is 15.9 Å². The normalized spacial score (nSPS) is 18.5. The molecular formula is C29H32BrN3O3. The van der Waals surface area contributed by atoms with E-state index in [4.69, 9.17) is 4.74 Å². The van der Waals surface area contributed by atoms with Gasteiger partial charge in [-0.15, -0.1) is 0 Å². The molecule has 1 saturated carbocycles. The molecule has 5 rings (SSSR count). The molecule has 2 amide bonds. The lowest BCUT2D eigenvalue weighted by Gasteiger charge is -2.28. The van der Waals surface area contributed by atoms with Crippen LogP contribution in [0.1, 0.15) is 37.3 Å². The highest BCUT2D eigenvalue weighted by molar-refractivity contribution is 9.10. The van der Waals surface area contributed by atoms with Crippen LogP contribution in [0.15, 0.2) is 59.1 Å². The Kier molecular flexibility index (Phi) is 7.30. The lowest BCUT2D eigenvalue weighted by molar-refractivity contribution is -0.128. The standard InChI is InChI=1S/C29H32BrN3O3/c1-18(31-16-19-7-8-19)28(34)32-25-13-9-20-5-3-4-6-26(20)33(29(25)35)17-24-23-12-11-22(30)15-21(23)10-14-27(24)36-2/h3-6,10-12,14-15,18-19,25,31H,7-9,13,16-17H2,1-2H3,(H,32,34)/t18-,25?/m0/s1. The van der Waals surface area contributed by atoms with Gasteiger partial charge >= 0.3 is 0 Å². The third-order valence-corrected chi connectivity index (χ3v) is 7.75. The molecule has 36 heavy (non-hydrogen) atoms. The van der Waals surface area contributed by atoms with Crippen LogP contribution in [-0.2, 0) is 22.6 Å². The summed E-state index contributed by atoms with van der Waals surface area (Å²) < 4.78 is 6.72. The summed E-state index contributed by atoms with van der Waals surface area (Å²) in [6.45, 7) is 3.06. The van der Waals surface area contributed by atoms with Crippen molar-refractivity contribution in [2.24, 2.45) is 5.92 Å². The Labute approximate surface area is 220 Å². The van der Waals surface area contributed by atoms with Crippen molar-refractivity contribution >= 4 is 44.2 Å². The maximum absolute atomic E-state index is 14.0. The van der Waals surface area contributed by atoms with Gasteiger partial charge in [-0.05, 0) is 85.7 Å². The molecule has 0 bridgehead atoms. The van der Waals surface area contributed by atoms with E-state index in [-0.39, 0.29) is 17.9 Å². The van der Waals surface area contributed by atoms with Crippen LogP contribution in [0.5, 0.6) is 5.75 Å². The van der Waals surface area contributed by atoms with Crippen molar-refractivity contribution in [1.82, 2.24) is 10.6 Å². The maximum atomic E-state index is 14.0. The minimum atomic E-state index is -0.592. The van der Waals surface area contributed by atoms with E-state index in [0.29, 0.717) is 25.3 Å². The smallest absolute Gasteiger partial charge is 0.249 e. The molecule has 1 aliphatic heterocycles. The molecular weight excluding hydrogens is 518 g/mol. The van der Waals surface area contributed by atoms with Crippen LogP contribution in [0.3, 0.4) is 0 Å². The Morgan fingerprint density at radius 2 is 1.94 bits per heavy atom. The molecule has 1 fully saturated rings. The van der Waals surface area contributed by atoms with Crippen molar-refractivity contribution in [2.45, 2.75) is 51.2 Å². The largest absolute Gasteiger partial charge is 0.496 e. The van der Waals surface area contributed by atoms with Gasteiger partial charge in [0.1, 0.15) is 11.8 Å². The molecule has 0 aromatic heterocycles. The Morgan fingerprint density at radius 3 is 2.72 bits per heavy atom. The van der Waals surface area contributed by atoms with Crippen molar-refractivity contribution in [3.63, 3.8) is 0 Å². The van der Waals surface area contributed by atoms with Gasteiger partial charge in [-0.2, -0.15) is 0 Å². The minimum Gasteiger partial charge on any atom is -0.496 e. The first-order valence-corrected chi connectivity index (χ1v) is 13.4. The number of methoxy groups -OCH3 is 1. The van der Waals surface area contributed by atoms with Gasteiger partial charge in [-0.25, -0.2) is 0 Å². The average Bonchev–Trinajstić information content (AvgIpc) is 3.73. The number of fused-ring (bicyclic) bond motifs is 2. The van der Waals surface area contributed by atoms with Crippen molar-refractivity contribution in [3.8, 4) is 5.75 Å². The Balaban J connectivity index is 1.46. The molecule has 1 heterocycles. The summed E-state index contributed by atoms with van der Waals surface area (Å²) >= 11 is 3.56. The van der Waals surface area contributed by atoms with Crippen LogP contribution in [0.4, 0.5) is 5.69 Å². The molecule has 2 N–H and O–H groups in total. The van der Waals surface area contributed by atoms with Gasteiger partial charge in [-0.1, -0.05) is 46.3 Å². The number of hydrogen-bond acceptors (Lipinski definition) is 4. The highest BCUT2D eigenvalue weighted by Gasteiger charge is 2.33. The van der Waals surface area contributed by atoms with Gasteiger partial charge in [0.2, 0.25) is 11.8 Å². The van der Waals surface area contributed by atoms with Crippen LogP contribution in [0, 0.1) is 5.92 Å². The summed E-state index contributed by atoms with van der Waals surface area (Å²) in [7, 11) is 1.65. The third kappa shape index (κ3) is 5.27. The van der Waals surface area contributed by atoms with Crippen molar-refractivity contribution < 1.29 is 14.3 Å². The van der Waals surface area contributed by atoms with Crippen molar-refractivity contribution in [3.05, 3.63) is 70.2 Å². The number of carbonyl (C=O) groups excluding carboxylic acids is 2. The fourth-order valence-electron chi connectivity index (χ4n) is 4.93. The summed E-state index contributed by atoms with van der Waals surface area (Å²) in [5.41, 5.74) is 2.93. The lowest BCUT2D eigenvalue weighted by Crippen LogP contribution is -2.52. The van der Waals surface area contributed by atoms with Crippen LogP contribution < -0.4 is 20.3 Å². The van der Waals surface area contributed by atoms with E-state index in [9.17, 15) is 9.59 Å². The number of ether oxygens (including phenoxy) is 1. The molecule has 3 aromatic rings. The maximum Gasteiger partial charge on any atom is 0.249 e. The molecule has 2 aliphatic rings. The molecule has 2 atom stereocenters. The fourth-order valence-corrected chi connectivity index (χ4v) is 5.30. The van der Waals surface area contributed by atoms with Crippen LogP contribution in [0.25, 0.3) is 10.8 Å². The van der Waals surface area contributed by atoms with Crippen molar-refractivity contribution in [2.75, 3.05) is 18.6 Å². The quantitative estimate of drug-likeness (QED) is 0.416. The molecule has 6 nitrogen and oxygen atoms in total. The second kappa shape index (κ2) is 10.6. The number of anilines is 1. The van der Waals surface area contributed by atoms with Gasteiger partial charge < -0.3 is 20.3 Å². The summed E-state index contributed by atoms with van der Waals surface area (Å²) in [4.78, 5) is 28.8. The number of para-hydroxylation sites is 1. The SMILES string of the molecule is COc1ccc2cc(Br)ccc2c1CN1C(=O)C(NC(=O)[C@H](C)NCC2CC2)CCc2ccccc21. The molecule has 3 aromatic carbocycles. The van der Waals surface area contributed by atoms with E-state index in [1.54, 1.807) is 7.11 Å². The van der Waals surface area contributed by atoms with Gasteiger partial charge in [0.15, 0.2) is 0 Å². The van der Waals surface area contributed by atoms with Crippen molar-refractivity contribution in [1.29, 1.82) is 0 Å². The van der Waals surface area contributed by atoms with E-state index >= 15 is 0 Å². The molecule has 1 aliphatic carbocycles. The monoisotopic (exact) mass is 549 g/mol. The fraction of sp³-hybridized carbons (Fsp3) is 0.379. The topological polar surface area (TPSA) is 70.7 Å². The Bertz CT molecular complexity index is 1290.